The summed E-state index contributed by atoms with van der Waals surface area (Å²) in [5.74, 6) is -1.54. The van der Waals surface area contributed by atoms with E-state index < -0.39 is 24.2 Å². The Balaban J connectivity index is 2.13. The monoisotopic (exact) mass is 500 g/mol. The number of benzene rings is 4. The first-order valence-corrected chi connectivity index (χ1v) is 14.7. The molecule has 0 aromatic heterocycles. The molecule has 0 atom stereocenters. The van der Waals surface area contributed by atoms with E-state index in [9.17, 15) is 17.6 Å². The zero-order chi connectivity index (χ0) is 20.4. The molecule has 0 aliphatic carbocycles. The van der Waals surface area contributed by atoms with E-state index in [-0.39, 0.29) is 17.5 Å². The van der Waals surface area contributed by atoms with Gasteiger partial charge in [-0.3, -0.25) is 0 Å². The third-order valence-electron chi connectivity index (χ3n) is 5.09. The van der Waals surface area contributed by atoms with Crippen molar-refractivity contribution in [1.29, 1.82) is 0 Å². The van der Waals surface area contributed by atoms with Crippen LogP contribution in [0.2, 0.25) is 0 Å². The maximum absolute atomic E-state index is 14.3. The minimum absolute atomic E-state index is 0.383. The molecule has 0 radical (unpaired) electrons. The normalized spacial score (nSPS) is 11.4. The summed E-state index contributed by atoms with van der Waals surface area (Å²) < 4.78 is 58.8. The molecule has 0 N–H and O–H groups in total. The predicted molar refractivity (Wildman–Crippen MR) is 110 cm³/mol. The summed E-state index contributed by atoms with van der Waals surface area (Å²) in [6.45, 7) is 0. The minimum atomic E-state index is -4.18. The molecule has 29 heavy (non-hydrogen) atoms. The summed E-state index contributed by atoms with van der Waals surface area (Å²) in [4.78, 5) is 0. The molecule has 0 saturated heterocycles. The van der Waals surface area contributed by atoms with Crippen molar-refractivity contribution in [3.05, 3.63) is 120 Å². The standard InChI is InChI=1S/4C6H4F.Sn/c4*7-6-4-2-1-3-5-6;/h3*2-5H;1-2,4-5H;. The first-order valence-electron chi connectivity index (χ1n) is 9.04. The molecule has 0 spiro atoms. The van der Waals surface area contributed by atoms with E-state index in [0.717, 1.165) is 14.3 Å². The summed E-state index contributed by atoms with van der Waals surface area (Å²) in [5.41, 5.74) is 0. The average Bonchev–Trinajstić information content (AvgIpc) is 2.72. The molecule has 0 saturated carbocycles. The summed E-state index contributed by atoms with van der Waals surface area (Å²) in [7, 11) is 0. The fourth-order valence-electron chi connectivity index (χ4n) is 3.82. The molecule has 4 rings (SSSR count). The number of hydrogen-bond acceptors (Lipinski definition) is 0. The van der Waals surface area contributed by atoms with Crippen molar-refractivity contribution in [1.82, 2.24) is 0 Å². The molecule has 4 aromatic carbocycles. The van der Waals surface area contributed by atoms with Gasteiger partial charge < -0.3 is 0 Å². The van der Waals surface area contributed by atoms with Gasteiger partial charge in [0.05, 0.1) is 0 Å². The van der Waals surface area contributed by atoms with Crippen molar-refractivity contribution in [3.8, 4) is 0 Å². The van der Waals surface area contributed by atoms with Gasteiger partial charge >= 0.3 is 171 Å². The van der Waals surface area contributed by atoms with E-state index in [1.165, 1.54) is 48.5 Å². The fourth-order valence-corrected chi connectivity index (χ4v) is 17.2. The number of halogens is 4. The van der Waals surface area contributed by atoms with Crippen LogP contribution >= 0.6 is 0 Å². The fraction of sp³-hybridized carbons (Fsp3) is 0. The van der Waals surface area contributed by atoms with Crippen LogP contribution in [0.5, 0.6) is 0 Å². The van der Waals surface area contributed by atoms with E-state index in [2.05, 4.69) is 0 Å². The van der Waals surface area contributed by atoms with Gasteiger partial charge in [0.2, 0.25) is 0 Å². The van der Waals surface area contributed by atoms with Gasteiger partial charge in [-0.1, -0.05) is 0 Å². The van der Waals surface area contributed by atoms with Crippen LogP contribution in [0.15, 0.2) is 97.1 Å². The molecule has 0 aliphatic heterocycles. The number of hydrogen-bond donors (Lipinski definition) is 0. The van der Waals surface area contributed by atoms with Crippen molar-refractivity contribution in [3.63, 3.8) is 0 Å². The molecule has 144 valence electrons. The molecule has 5 heteroatoms. The first kappa shape index (κ1) is 19.7. The van der Waals surface area contributed by atoms with Gasteiger partial charge in [0.15, 0.2) is 0 Å². The Kier molecular flexibility index (Phi) is 5.45. The molecule has 0 heterocycles. The second-order valence-corrected chi connectivity index (χ2v) is 17.7. The van der Waals surface area contributed by atoms with Crippen molar-refractivity contribution in [2.24, 2.45) is 0 Å². The molecule has 0 unspecified atom stereocenters. The summed E-state index contributed by atoms with van der Waals surface area (Å²) in [6, 6.07) is 24.7. The Morgan fingerprint density at radius 1 is 0.379 bits per heavy atom. The summed E-state index contributed by atoms with van der Waals surface area (Å²) in [6.07, 6.45) is 0. The Morgan fingerprint density at radius 3 is 1.10 bits per heavy atom. The van der Waals surface area contributed by atoms with E-state index in [1.807, 2.05) is 6.07 Å². The zero-order valence-corrected chi connectivity index (χ0v) is 18.1. The quantitative estimate of drug-likeness (QED) is 0.298. The van der Waals surface area contributed by atoms with Crippen LogP contribution in [0, 0.1) is 23.3 Å². The van der Waals surface area contributed by atoms with Crippen LogP contribution in [0.25, 0.3) is 0 Å². The molecule has 0 fully saturated rings. The molecular formula is C24H16F4Sn. The van der Waals surface area contributed by atoms with Crippen molar-refractivity contribution >= 4 is 32.7 Å². The van der Waals surface area contributed by atoms with Gasteiger partial charge in [0.25, 0.3) is 0 Å². The molecule has 4 aromatic rings. The Labute approximate surface area is 170 Å². The van der Waals surface area contributed by atoms with Crippen LogP contribution in [0.1, 0.15) is 0 Å². The van der Waals surface area contributed by atoms with E-state index in [4.69, 9.17) is 0 Å². The van der Waals surface area contributed by atoms with Gasteiger partial charge in [-0.25, -0.2) is 0 Å². The van der Waals surface area contributed by atoms with Crippen molar-refractivity contribution < 1.29 is 17.6 Å². The average molecular weight is 499 g/mol. The number of rotatable bonds is 4. The van der Waals surface area contributed by atoms with Crippen LogP contribution in [0.4, 0.5) is 17.6 Å². The van der Waals surface area contributed by atoms with E-state index in [1.54, 1.807) is 42.5 Å². The topological polar surface area (TPSA) is 0 Å². The predicted octanol–water partition coefficient (Wildman–Crippen LogP) is 3.62. The van der Waals surface area contributed by atoms with Crippen LogP contribution in [0.3, 0.4) is 0 Å². The van der Waals surface area contributed by atoms with Gasteiger partial charge in [-0.05, 0) is 0 Å². The third-order valence-corrected chi connectivity index (χ3v) is 18.7. The SMILES string of the molecule is Fc1cc[c]([Sn]([c]2ccc(F)cc2)([c]2ccc(F)cc2)[c]2cccc(F)c2)cc1. The Hall–Kier alpha value is -2.60. The molecule has 0 bridgehead atoms. The molecular weight excluding hydrogens is 483 g/mol. The first-order chi connectivity index (χ1) is 14.0. The summed E-state index contributed by atoms with van der Waals surface area (Å²) in [5, 5.41) is 0. The Morgan fingerprint density at radius 2 is 0.759 bits per heavy atom. The molecule has 0 amide bonds. The second kappa shape index (κ2) is 8.03. The van der Waals surface area contributed by atoms with Crippen LogP contribution < -0.4 is 14.3 Å². The molecule has 0 nitrogen and oxygen atoms in total. The van der Waals surface area contributed by atoms with Crippen molar-refractivity contribution in [2.45, 2.75) is 0 Å². The second-order valence-electron chi connectivity index (χ2n) is 6.78. The summed E-state index contributed by atoms with van der Waals surface area (Å²) >= 11 is -4.18. The van der Waals surface area contributed by atoms with Gasteiger partial charge in [0, 0.05) is 0 Å². The van der Waals surface area contributed by atoms with Crippen LogP contribution in [-0.2, 0) is 0 Å². The van der Waals surface area contributed by atoms with Crippen molar-refractivity contribution in [2.75, 3.05) is 0 Å². The third kappa shape index (κ3) is 3.69. The van der Waals surface area contributed by atoms with Crippen LogP contribution in [-0.4, -0.2) is 18.4 Å². The van der Waals surface area contributed by atoms with E-state index in [0.29, 0.717) is 0 Å². The van der Waals surface area contributed by atoms with E-state index >= 15 is 0 Å². The maximum atomic E-state index is 14.3. The van der Waals surface area contributed by atoms with Gasteiger partial charge in [-0.2, -0.15) is 0 Å². The van der Waals surface area contributed by atoms with Gasteiger partial charge in [0.1, 0.15) is 0 Å². The molecule has 0 aliphatic rings. The van der Waals surface area contributed by atoms with Gasteiger partial charge in [-0.15, -0.1) is 0 Å². The Bertz CT molecular complexity index is 1010. The zero-order valence-electron chi connectivity index (χ0n) is 15.2.